The number of aryl methyl sites for hydroxylation is 2. The molecule has 0 bridgehead atoms. The van der Waals surface area contributed by atoms with E-state index >= 15 is 0 Å². The number of nitrogens with zero attached hydrogens (tertiary/aromatic N) is 1. The maximum atomic E-state index is 11.5. The van der Waals surface area contributed by atoms with Crippen LogP contribution in [0.1, 0.15) is 11.1 Å². The number of halogens is 2. The Hall–Kier alpha value is -0.500. The lowest BCUT2D eigenvalue weighted by Gasteiger charge is -2.12. The van der Waals surface area contributed by atoms with E-state index in [0.717, 1.165) is 11.1 Å². The molecule has 0 fully saturated rings. The molecule has 1 aromatic rings. The highest BCUT2D eigenvalue weighted by Crippen LogP contribution is 2.55. The Balaban J connectivity index is 3.33. The van der Waals surface area contributed by atoms with E-state index in [0.29, 0.717) is 0 Å². The van der Waals surface area contributed by atoms with Crippen LogP contribution in [0.15, 0.2) is 24.4 Å². The lowest BCUT2D eigenvalue weighted by atomic mass is 10.2. The minimum atomic E-state index is -1.56. The topological polar surface area (TPSA) is 36.2 Å². The molecule has 1 aromatic heterocycles. The Kier molecular flexibility index (Phi) is 4.85. The highest BCUT2D eigenvalue weighted by Gasteiger charge is 2.22. The number of methoxy groups -OCH3 is 1. The molecular weight excluding hydrogens is 268 g/mol. The highest BCUT2D eigenvalue weighted by atomic mass is 35.9. The minimum Gasteiger partial charge on any atom is -0.612 e. The molecule has 3 nitrogen and oxygen atoms in total. The molecule has 1 heterocycles. The number of rotatable bonds is 3. The van der Waals surface area contributed by atoms with Crippen molar-refractivity contribution in [2.45, 2.75) is 13.8 Å². The SMILES string of the molecule is CO/C([O-])=C(/[n+]1cc(C)cc(C)c1)P(Cl)Cl. The first-order valence-electron chi connectivity index (χ1n) is 4.52. The van der Waals surface area contributed by atoms with E-state index in [1.807, 2.05) is 19.9 Å². The zero-order valence-corrected chi connectivity index (χ0v) is 11.6. The van der Waals surface area contributed by atoms with Crippen molar-refractivity contribution in [3.63, 3.8) is 0 Å². The van der Waals surface area contributed by atoms with Crippen LogP contribution >= 0.6 is 29.1 Å². The first-order chi connectivity index (χ1) is 7.45. The number of ether oxygens (including phenoxy) is 1. The van der Waals surface area contributed by atoms with Crippen LogP contribution in [0.25, 0.3) is 5.44 Å². The fourth-order valence-electron chi connectivity index (χ4n) is 1.38. The monoisotopic (exact) mass is 279 g/mol. The first-order valence-corrected chi connectivity index (χ1v) is 7.67. The Morgan fingerprint density at radius 3 is 2.19 bits per heavy atom. The second kappa shape index (κ2) is 5.72. The summed E-state index contributed by atoms with van der Waals surface area (Å²) in [6.07, 6.45) is 3.58. The summed E-state index contributed by atoms with van der Waals surface area (Å²) in [5.41, 5.74) is 2.30. The van der Waals surface area contributed by atoms with Crippen LogP contribution in [0.3, 0.4) is 0 Å². The van der Waals surface area contributed by atoms with Crippen molar-refractivity contribution in [1.82, 2.24) is 0 Å². The maximum Gasteiger partial charge on any atom is 0.260 e. The van der Waals surface area contributed by atoms with Gasteiger partial charge in [-0.05, 0) is 27.0 Å². The van der Waals surface area contributed by atoms with Gasteiger partial charge in [0.05, 0.1) is 0 Å². The van der Waals surface area contributed by atoms with Crippen LogP contribution in [0.4, 0.5) is 0 Å². The second-order valence-electron chi connectivity index (χ2n) is 3.35. The summed E-state index contributed by atoms with van der Waals surface area (Å²) in [5, 5.41) is 11.5. The Bertz CT molecular complexity index is 401. The average molecular weight is 280 g/mol. The summed E-state index contributed by atoms with van der Waals surface area (Å²) < 4.78 is 6.29. The van der Waals surface area contributed by atoms with Gasteiger partial charge in [-0.3, -0.25) is 0 Å². The van der Waals surface area contributed by atoms with Gasteiger partial charge >= 0.3 is 0 Å². The quantitative estimate of drug-likeness (QED) is 0.484. The van der Waals surface area contributed by atoms with Gasteiger partial charge in [-0.2, -0.15) is 4.57 Å². The molecule has 0 aromatic carbocycles. The van der Waals surface area contributed by atoms with E-state index < -0.39 is 12.6 Å². The predicted octanol–water partition coefficient (Wildman–Crippen LogP) is 2.47. The largest absolute Gasteiger partial charge is 0.612 e. The molecule has 88 valence electrons. The maximum absolute atomic E-state index is 11.5. The summed E-state index contributed by atoms with van der Waals surface area (Å²) in [5.74, 6) is -0.508. The Labute approximate surface area is 106 Å². The molecule has 0 atom stereocenters. The van der Waals surface area contributed by atoms with E-state index in [4.69, 9.17) is 22.5 Å². The van der Waals surface area contributed by atoms with E-state index in [9.17, 15) is 5.11 Å². The summed E-state index contributed by atoms with van der Waals surface area (Å²) in [6.45, 7) is 2.31. The smallest absolute Gasteiger partial charge is 0.260 e. The third-order valence-electron chi connectivity index (χ3n) is 1.91. The normalized spacial score (nSPS) is 12.6. The third kappa shape index (κ3) is 3.24. The van der Waals surface area contributed by atoms with Crippen LogP contribution in [0, 0.1) is 13.8 Å². The van der Waals surface area contributed by atoms with Gasteiger partial charge in [0.2, 0.25) is 0 Å². The first kappa shape index (κ1) is 13.6. The molecule has 0 radical (unpaired) electrons. The van der Waals surface area contributed by atoms with Crippen LogP contribution in [0.2, 0.25) is 0 Å². The molecule has 16 heavy (non-hydrogen) atoms. The van der Waals surface area contributed by atoms with Crippen molar-refractivity contribution >= 4 is 34.5 Å². The summed E-state index contributed by atoms with van der Waals surface area (Å²) >= 11 is 11.7. The highest BCUT2D eigenvalue weighted by molar-refractivity contribution is 8.10. The van der Waals surface area contributed by atoms with Gasteiger partial charge in [-0.1, -0.05) is 22.5 Å². The molecule has 6 heteroatoms. The summed E-state index contributed by atoms with van der Waals surface area (Å²) in [4.78, 5) is 0. The fraction of sp³-hybridized carbons (Fsp3) is 0.300. The molecule has 0 N–H and O–H groups in total. The van der Waals surface area contributed by atoms with Gasteiger partial charge in [0.1, 0.15) is 5.95 Å². The second-order valence-corrected chi connectivity index (χ2v) is 6.78. The Morgan fingerprint density at radius 2 is 1.81 bits per heavy atom. The molecule has 0 saturated heterocycles. The molecule has 0 unspecified atom stereocenters. The van der Waals surface area contributed by atoms with Gasteiger partial charge in [-0.15, -0.1) is 0 Å². The zero-order chi connectivity index (χ0) is 12.3. The van der Waals surface area contributed by atoms with Gasteiger partial charge in [0.25, 0.3) is 5.44 Å². The zero-order valence-electron chi connectivity index (χ0n) is 9.20. The van der Waals surface area contributed by atoms with E-state index in [1.54, 1.807) is 17.0 Å². The van der Waals surface area contributed by atoms with Crippen molar-refractivity contribution in [3.8, 4) is 0 Å². The van der Waals surface area contributed by atoms with Crippen LogP contribution in [0.5, 0.6) is 0 Å². The standard InChI is InChI=1S/C10H12Cl2NO2P/c1-7-4-8(2)6-13(5-7)9(16(11)12)10(14)15-3/h4-6H,1-3H3/b10-9-. The molecule has 0 aliphatic carbocycles. The van der Waals surface area contributed by atoms with Gasteiger partial charge in [0, 0.05) is 11.1 Å². The van der Waals surface area contributed by atoms with Crippen molar-refractivity contribution in [3.05, 3.63) is 35.5 Å². The summed E-state index contributed by atoms with van der Waals surface area (Å²) in [6, 6.07) is 2.00. The van der Waals surface area contributed by atoms with Crippen LogP contribution < -0.4 is 9.67 Å². The van der Waals surface area contributed by atoms with Crippen LogP contribution in [-0.4, -0.2) is 7.11 Å². The van der Waals surface area contributed by atoms with E-state index in [1.165, 1.54) is 7.11 Å². The molecule has 0 saturated carbocycles. The minimum absolute atomic E-state index is 0.257. The lowest BCUT2D eigenvalue weighted by Crippen LogP contribution is -2.34. The number of pyridine rings is 1. The molecule has 1 rings (SSSR count). The van der Waals surface area contributed by atoms with Crippen LogP contribution in [-0.2, 0) is 4.74 Å². The molecule has 0 aliphatic heterocycles. The molecule has 0 amide bonds. The van der Waals surface area contributed by atoms with Crippen molar-refractivity contribution in [2.75, 3.05) is 7.11 Å². The van der Waals surface area contributed by atoms with Crippen molar-refractivity contribution in [1.29, 1.82) is 0 Å². The summed E-state index contributed by atoms with van der Waals surface area (Å²) in [7, 11) is 1.30. The van der Waals surface area contributed by atoms with Gasteiger partial charge in [-0.25, -0.2) is 0 Å². The number of aromatic nitrogens is 1. The fourth-order valence-corrected chi connectivity index (χ4v) is 2.84. The van der Waals surface area contributed by atoms with E-state index in [-0.39, 0.29) is 5.44 Å². The van der Waals surface area contributed by atoms with E-state index in [2.05, 4.69) is 4.74 Å². The molecular formula is C10H12Cl2NO2P. The number of hydrogen-bond donors (Lipinski definition) is 0. The van der Waals surface area contributed by atoms with Gasteiger partial charge in [0.15, 0.2) is 19.0 Å². The lowest BCUT2D eigenvalue weighted by molar-refractivity contribution is -0.582. The third-order valence-corrected chi connectivity index (χ3v) is 3.61. The Morgan fingerprint density at radius 1 is 1.31 bits per heavy atom. The average Bonchev–Trinajstić information content (AvgIpc) is 2.15. The van der Waals surface area contributed by atoms with Crippen molar-refractivity contribution in [2.24, 2.45) is 0 Å². The van der Waals surface area contributed by atoms with Gasteiger partial charge < -0.3 is 9.84 Å². The van der Waals surface area contributed by atoms with Crippen molar-refractivity contribution < 1.29 is 14.4 Å². The molecule has 0 aliphatic rings. The molecule has 0 spiro atoms. The number of hydrogen-bond acceptors (Lipinski definition) is 2. The predicted molar refractivity (Wildman–Crippen MR) is 65.0 cm³/mol.